The van der Waals surface area contributed by atoms with Gasteiger partial charge < -0.3 is 0 Å². The van der Waals surface area contributed by atoms with Crippen LogP contribution in [0, 0.1) is 17.7 Å². The first kappa shape index (κ1) is 11.1. The van der Waals surface area contributed by atoms with Crippen LogP contribution < -0.4 is 0 Å². The predicted molar refractivity (Wildman–Crippen MR) is 59.0 cm³/mol. The number of benzene rings is 1. The molecule has 2 aliphatic rings. The van der Waals surface area contributed by atoms with Crippen LogP contribution in [0.5, 0.6) is 0 Å². The number of ketones is 1. The molecule has 1 aliphatic heterocycles. The van der Waals surface area contributed by atoms with E-state index in [1.54, 1.807) is 0 Å². The van der Waals surface area contributed by atoms with Gasteiger partial charge in [0.05, 0.1) is 18.4 Å². The molecule has 1 aromatic rings. The number of halogens is 1. The molecule has 0 spiro atoms. The van der Waals surface area contributed by atoms with Crippen LogP contribution in [0.4, 0.5) is 4.39 Å². The molecule has 0 bridgehead atoms. The number of hydrogen-bond donors (Lipinski definition) is 0. The van der Waals surface area contributed by atoms with Gasteiger partial charge in [0.1, 0.15) is 5.82 Å². The molecule has 1 aliphatic carbocycles. The Morgan fingerprint density at radius 2 is 1.94 bits per heavy atom. The van der Waals surface area contributed by atoms with E-state index in [4.69, 9.17) is 0 Å². The lowest BCUT2D eigenvalue weighted by Gasteiger charge is -2.15. The lowest BCUT2D eigenvalue weighted by atomic mass is 10.1. The summed E-state index contributed by atoms with van der Waals surface area (Å²) in [4.78, 5) is 36.2. The number of rotatable bonds is 3. The molecule has 2 amide bonds. The molecular weight excluding hydrogens is 237 g/mol. The number of hydrogen-bond acceptors (Lipinski definition) is 3. The molecular formula is C13H10FNO3. The number of amides is 2. The van der Waals surface area contributed by atoms with Crippen LogP contribution in [0.25, 0.3) is 0 Å². The zero-order valence-electron chi connectivity index (χ0n) is 9.43. The maximum atomic E-state index is 13.0. The fourth-order valence-corrected chi connectivity index (χ4v) is 2.30. The predicted octanol–water partition coefficient (Wildman–Crippen LogP) is 1.01. The molecule has 4 nitrogen and oxygen atoms in total. The lowest BCUT2D eigenvalue weighted by molar-refractivity contribution is -0.140. The van der Waals surface area contributed by atoms with Gasteiger partial charge in [0.2, 0.25) is 11.8 Å². The Morgan fingerprint density at radius 1 is 1.28 bits per heavy atom. The molecule has 1 saturated carbocycles. The first-order valence-electron chi connectivity index (χ1n) is 5.72. The molecule has 0 radical (unpaired) electrons. The molecule has 92 valence electrons. The normalized spacial score (nSPS) is 25.3. The Balaban J connectivity index is 1.75. The van der Waals surface area contributed by atoms with E-state index in [0.29, 0.717) is 6.42 Å². The summed E-state index contributed by atoms with van der Waals surface area (Å²) in [6, 6.07) is 5.23. The summed E-state index contributed by atoms with van der Waals surface area (Å²) in [5.41, 5.74) is 0.177. The maximum absolute atomic E-state index is 13.0. The Kier molecular flexibility index (Phi) is 2.29. The van der Waals surface area contributed by atoms with Crippen LogP contribution in [0.15, 0.2) is 24.3 Å². The number of nitrogens with zero attached hydrogens (tertiary/aromatic N) is 1. The van der Waals surface area contributed by atoms with E-state index in [2.05, 4.69) is 0 Å². The SMILES string of the molecule is O=C(CN1C(=O)C2CC2C1=O)c1cccc(F)c1. The van der Waals surface area contributed by atoms with Gasteiger partial charge in [0, 0.05) is 5.56 Å². The van der Waals surface area contributed by atoms with Crippen LogP contribution in [0.3, 0.4) is 0 Å². The van der Waals surface area contributed by atoms with Crippen molar-refractivity contribution in [3.8, 4) is 0 Å². The summed E-state index contributed by atoms with van der Waals surface area (Å²) in [7, 11) is 0. The molecule has 5 heteroatoms. The summed E-state index contributed by atoms with van der Waals surface area (Å²) in [6.45, 7) is -0.284. The topological polar surface area (TPSA) is 54.5 Å². The van der Waals surface area contributed by atoms with Crippen molar-refractivity contribution in [3.05, 3.63) is 35.6 Å². The van der Waals surface area contributed by atoms with Crippen molar-refractivity contribution >= 4 is 17.6 Å². The van der Waals surface area contributed by atoms with Crippen molar-refractivity contribution in [1.82, 2.24) is 4.90 Å². The highest BCUT2D eigenvalue weighted by atomic mass is 19.1. The molecule has 2 unspecified atom stereocenters. The molecule has 2 atom stereocenters. The zero-order valence-corrected chi connectivity index (χ0v) is 9.43. The van der Waals surface area contributed by atoms with Crippen molar-refractivity contribution in [1.29, 1.82) is 0 Å². The standard InChI is InChI=1S/C13H10FNO3/c14-8-3-1-2-7(4-8)11(16)6-15-12(17)9-5-10(9)13(15)18/h1-4,9-10H,5-6H2. The number of piperidine rings is 1. The second kappa shape index (κ2) is 3.73. The summed E-state index contributed by atoms with van der Waals surface area (Å²) >= 11 is 0. The van der Waals surface area contributed by atoms with E-state index in [9.17, 15) is 18.8 Å². The van der Waals surface area contributed by atoms with Gasteiger partial charge in [-0.1, -0.05) is 12.1 Å². The Bertz CT molecular complexity index is 549. The summed E-state index contributed by atoms with van der Waals surface area (Å²) in [6.07, 6.45) is 0.613. The number of imide groups is 1. The highest BCUT2D eigenvalue weighted by molar-refractivity contribution is 6.12. The van der Waals surface area contributed by atoms with Crippen molar-refractivity contribution in [2.24, 2.45) is 11.8 Å². The Labute approximate surface area is 102 Å². The third kappa shape index (κ3) is 1.63. The quantitative estimate of drug-likeness (QED) is 0.591. The fraction of sp³-hybridized carbons (Fsp3) is 0.308. The molecule has 18 heavy (non-hydrogen) atoms. The lowest BCUT2D eigenvalue weighted by Crippen LogP contribution is -2.37. The van der Waals surface area contributed by atoms with Gasteiger partial charge in [0.25, 0.3) is 0 Å². The van der Waals surface area contributed by atoms with Gasteiger partial charge in [-0.15, -0.1) is 0 Å². The molecule has 1 saturated heterocycles. The molecule has 1 aromatic carbocycles. The number of likely N-dealkylation sites (tertiary alicyclic amines) is 1. The van der Waals surface area contributed by atoms with Crippen LogP contribution in [-0.2, 0) is 9.59 Å². The summed E-state index contributed by atoms with van der Waals surface area (Å²) in [5, 5.41) is 0. The van der Waals surface area contributed by atoms with E-state index < -0.39 is 11.6 Å². The molecule has 3 rings (SSSR count). The van der Waals surface area contributed by atoms with Crippen molar-refractivity contribution in [3.63, 3.8) is 0 Å². The Morgan fingerprint density at radius 3 is 2.56 bits per heavy atom. The highest BCUT2D eigenvalue weighted by Gasteiger charge is 2.58. The zero-order chi connectivity index (χ0) is 12.9. The van der Waals surface area contributed by atoms with E-state index in [0.717, 1.165) is 11.0 Å². The minimum Gasteiger partial charge on any atom is -0.292 e. The molecule has 0 N–H and O–H groups in total. The van der Waals surface area contributed by atoms with E-state index in [1.807, 2.05) is 0 Å². The summed E-state index contributed by atoms with van der Waals surface area (Å²) in [5.74, 6) is -1.89. The third-order valence-electron chi connectivity index (χ3n) is 3.41. The average Bonchev–Trinajstić information content (AvgIpc) is 3.10. The fourth-order valence-electron chi connectivity index (χ4n) is 2.30. The van der Waals surface area contributed by atoms with Gasteiger partial charge in [0.15, 0.2) is 5.78 Å². The summed E-state index contributed by atoms with van der Waals surface area (Å²) < 4.78 is 13.0. The van der Waals surface area contributed by atoms with Crippen molar-refractivity contribution in [2.75, 3.05) is 6.54 Å². The first-order chi connectivity index (χ1) is 8.58. The van der Waals surface area contributed by atoms with Gasteiger partial charge in [-0.3, -0.25) is 19.3 Å². The first-order valence-corrected chi connectivity index (χ1v) is 5.72. The maximum Gasteiger partial charge on any atom is 0.233 e. The minimum atomic E-state index is -0.511. The molecule has 2 fully saturated rings. The van der Waals surface area contributed by atoms with Gasteiger partial charge in [-0.05, 0) is 18.6 Å². The van der Waals surface area contributed by atoms with E-state index >= 15 is 0 Å². The minimum absolute atomic E-state index is 0.177. The molecule has 1 heterocycles. The van der Waals surface area contributed by atoms with Crippen LogP contribution >= 0.6 is 0 Å². The van der Waals surface area contributed by atoms with Crippen molar-refractivity contribution in [2.45, 2.75) is 6.42 Å². The smallest absolute Gasteiger partial charge is 0.233 e. The van der Waals surface area contributed by atoms with Crippen LogP contribution in [0.1, 0.15) is 16.8 Å². The van der Waals surface area contributed by atoms with E-state index in [-0.39, 0.29) is 35.8 Å². The van der Waals surface area contributed by atoms with Gasteiger partial charge >= 0.3 is 0 Å². The van der Waals surface area contributed by atoms with E-state index in [1.165, 1.54) is 18.2 Å². The third-order valence-corrected chi connectivity index (χ3v) is 3.41. The number of carbonyl (C=O) groups excluding carboxylic acids is 3. The average molecular weight is 247 g/mol. The van der Waals surface area contributed by atoms with Crippen LogP contribution in [-0.4, -0.2) is 29.0 Å². The number of fused-ring (bicyclic) bond motifs is 1. The van der Waals surface area contributed by atoms with Crippen molar-refractivity contribution < 1.29 is 18.8 Å². The highest BCUT2D eigenvalue weighted by Crippen LogP contribution is 2.46. The second-order valence-corrected chi connectivity index (χ2v) is 4.64. The number of carbonyl (C=O) groups is 3. The largest absolute Gasteiger partial charge is 0.292 e. The Hall–Kier alpha value is -2.04. The second-order valence-electron chi connectivity index (χ2n) is 4.64. The van der Waals surface area contributed by atoms with Crippen LogP contribution in [0.2, 0.25) is 0 Å². The van der Waals surface area contributed by atoms with Gasteiger partial charge in [-0.2, -0.15) is 0 Å². The monoisotopic (exact) mass is 247 g/mol. The van der Waals surface area contributed by atoms with Gasteiger partial charge in [-0.25, -0.2) is 4.39 Å². The number of Topliss-reactive ketones (excluding diaryl/α,β-unsaturated/α-hetero) is 1. The molecule has 0 aromatic heterocycles.